The number of hydrogen-bond acceptors (Lipinski definition) is 2. The SMILES string of the molecule is Fc1ccc(-c2ccnc3cc(CN4CCCC4C(F)(F)F)ccc23)cc1. The van der Waals surface area contributed by atoms with E-state index in [0.717, 1.165) is 27.6 Å². The molecule has 1 atom stereocenters. The highest BCUT2D eigenvalue weighted by molar-refractivity contribution is 5.94. The van der Waals surface area contributed by atoms with Gasteiger partial charge >= 0.3 is 6.18 Å². The average Bonchev–Trinajstić information content (AvgIpc) is 3.10. The van der Waals surface area contributed by atoms with Crippen LogP contribution >= 0.6 is 0 Å². The van der Waals surface area contributed by atoms with Crippen LogP contribution in [0.2, 0.25) is 0 Å². The van der Waals surface area contributed by atoms with Crippen LogP contribution in [0.15, 0.2) is 54.7 Å². The molecule has 0 saturated carbocycles. The largest absolute Gasteiger partial charge is 0.404 e. The predicted octanol–water partition coefficient (Wildman–Crippen LogP) is 5.57. The summed E-state index contributed by atoms with van der Waals surface area (Å²) < 4.78 is 52.6. The summed E-state index contributed by atoms with van der Waals surface area (Å²) in [7, 11) is 0. The number of aromatic nitrogens is 1. The fraction of sp³-hybridized carbons (Fsp3) is 0.286. The topological polar surface area (TPSA) is 16.1 Å². The fourth-order valence-corrected chi connectivity index (χ4v) is 3.79. The Morgan fingerprint density at radius 1 is 1.04 bits per heavy atom. The minimum atomic E-state index is -4.19. The molecule has 27 heavy (non-hydrogen) atoms. The van der Waals surface area contributed by atoms with Crippen molar-refractivity contribution in [2.45, 2.75) is 31.6 Å². The fourth-order valence-electron chi connectivity index (χ4n) is 3.79. The maximum atomic E-state index is 13.2. The van der Waals surface area contributed by atoms with E-state index < -0.39 is 12.2 Å². The third-order valence-corrected chi connectivity index (χ3v) is 5.09. The molecule has 0 radical (unpaired) electrons. The van der Waals surface area contributed by atoms with Crippen molar-refractivity contribution in [3.63, 3.8) is 0 Å². The van der Waals surface area contributed by atoms with Crippen LogP contribution in [0.4, 0.5) is 17.6 Å². The number of rotatable bonds is 3. The average molecular weight is 374 g/mol. The highest BCUT2D eigenvalue weighted by Crippen LogP contribution is 2.34. The van der Waals surface area contributed by atoms with Gasteiger partial charge in [-0.15, -0.1) is 0 Å². The van der Waals surface area contributed by atoms with Gasteiger partial charge in [-0.05, 0) is 60.3 Å². The summed E-state index contributed by atoms with van der Waals surface area (Å²) in [6.07, 6.45) is -1.81. The second-order valence-corrected chi connectivity index (χ2v) is 6.89. The molecule has 1 fully saturated rings. The zero-order valence-electron chi connectivity index (χ0n) is 14.5. The van der Waals surface area contributed by atoms with Gasteiger partial charge in [0.25, 0.3) is 0 Å². The van der Waals surface area contributed by atoms with Crippen LogP contribution in [0.1, 0.15) is 18.4 Å². The maximum Gasteiger partial charge on any atom is 0.404 e. The maximum absolute atomic E-state index is 13.2. The third kappa shape index (κ3) is 3.67. The van der Waals surface area contributed by atoms with Crippen LogP contribution in [-0.4, -0.2) is 28.6 Å². The molecule has 0 amide bonds. The number of benzene rings is 2. The first kappa shape index (κ1) is 17.9. The quantitative estimate of drug-likeness (QED) is 0.558. The van der Waals surface area contributed by atoms with Crippen molar-refractivity contribution in [3.05, 3.63) is 66.1 Å². The van der Waals surface area contributed by atoms with Crippen LogP contribution in [0.3, 0.4) is 0 Å². The van der Waals surface area contributed by atoms with Crippen molar-refractivity contribution in [2.24, 2.45) is 0 Å². The summed E-state index contributed by atoms with van der Waals surface area (Å²) in [5.41, 5.74) is 3.31. The van der Waals surface area contributed by atoms with E-state index in [-0.39, 0.29) is 18.8 Å². The van der Waals surface area contributed by atoms with Crippen molar-refractivity contribution in [1.29, 1.82) is 0 Å². The Hall–Kier alpha value is -2.47. The molecule has 1 aromatic heterocycles. The molecule has 4 rings (SSSR count). The summed E-state index contributed by atoms with van der Waals surface area (Å²) in [5, 5.41) is 0.890. The zero-order chi connectivity index (χ0) is 19.0. The van der Waals surface area contributed by atoms with Gasteiger partial charge in [0.15, 0.2) is 0 Å². The molecule has 1 aliphatic heterocycles. The zero-order valence-corrected chi connectivity index (χ0v) is 14.5. The molecule has 6 heteroatoms. The van der Waals surface area contributed by atoms with Crippen LogP contribution in [0.25, 0.3) is 22.0 Å². The Balaban J connectivity index is 1.65. The minimum absolute atomic E-state index is 0.157. The number of fused-ring (bicyclic) bond motifs is 1. The van der Waals surface area contributed by atoms with Gasteiger partial charge in [0.2, 0.25) is 0 Å². The lowest BCUT2D eigenvalue weighted by atomic mass is 10.00. The van der Waals surface area contributed by atoms with Gasteiger partial charge in [0.1, 0.15) is 11.9 Å². The monoisotopic (exact) mass is 374 g/mol. The summed E-state index contributed by atoms with van der Waals surface area (Å²) in [5.74, 6) is -0.302. The number of pyridine rings is 1. The first-order valence-corrected chi connectivity index (χ1v) is 8.86. The van der Waals surface area contributed by atoms with Crippen molar-refractivity contribution < 1.29 is 17.6 Å². The first-order valence-electron chi connectivity index (χ1n) is 8.86. The van der Waals surface area contributed by atoms with E-state index in [9.17, 15) is 17.6 Å². The first-order chi connectivity index (χ1) is 12.9. The van der Waals surface area contributed by atoms with Crippen molar-refractivity contribution in [2.75, 3.05) is 6.54 Å². The van der Waals surface area contributed by atoms with E-state index in [1.807, 2.05) is 24.3 Å². The number of likely N-dealkylation sites (tertiary alicyclic amines) is 1. The summed E-state index contributed by atoms with van der Waals surface area (Å²) >= 11 is 0. The number of hydrogen-bond donors (Lipinski definition) is 0. The van der Waals surface area contributed by atoms with E-state index in [1.165, 1.54) is 17.0 Å². The normalized spacial score (nSPS) is 18.3. The molecule has 140 valence electrons. The van der Waals surface area contributed by atoms with E-state index in [4.69, 9.17) is 0 Å². The van der Waals surface area contributed by atoms with Crippen LogP contribution < -0.4 is 0 Å². The highest BCUT2D eigenvalue weighted by Gasteiger charge is 2.45. The summed E-state index contributed by atoms with van der Waals surface area (Å²) in [6, 6.07) is 12.3. The second-order valence-electron chi connectivity index (χ2n) is 6.89. The Morgan fingerprint density at radius 3 is 2.56 bits per heavy atom. The molecule has 0 N–H and O–H groups in total. The summed E-state index contributed by atoms with van der Waals surface area (Å²) in [4.78, 5) is 5.86. The Kier molecular flexibility index (Phi) is 4.60. The van der Waals surface area contributed by atoms with Gasteiger partial charge in [0, 0.05) is 18.1 Å². The third-order valence-electron chi connectivity index (χ3n) is 5.09. The van der Waals surface area contributed by atoms with Crippen LogP contribution in [-0.2, 0) is 6.54 Å². The molecule has 3 aromatic rings. The van der Waals surface area contributed by atoms with Gasteiger partial charge in [-0.2, -0.15) is 13.2 Å². The van der Waals surface area contributed by atoms with Crippen LogP contribution in [0, 0.1) is 5.82 Å². The number of alkyl halides is 3. The lowest BCUT2D eigenvalue weighted by Gasteiger charge is -2.26. The van der Waals surface area contributed by atoms with Crippen molar-refractivity contribution in [3.8, 4) is 11.1 Å². The Morgan fingerprint density at radius 2 is 1.81 bits per heavy atom. The smallest absolute Gasteiger partial charge is 0.288 e. The number of halogens is 4. The lowest BCUT2D eigenvalue weighted by molar-refractivity contribution is -0.177. The Labute approximate surface area is 154 Å². The molecule has 0 spiro atoms. The standard InChI is InChI=1S/C21H18F4N2/c22-16-6-4-15(5-7-16)17-9-10-26-19-12-14(3-8-18(17)19)13-27-11-1-2-20(27)21(23,24)25/h3-10,12,20H,1-2,11,13H2. The van der Waals surface area contributed by atoms with E-state index >= 15 is 0 Å². The predicted molar refractivity (Wildman–Crippen MR) is 96.6 cm³/mol. The van der Waals surface area contributed by atoms with E-state index in [2.05, 4.69) is 4.98 Å². The molecule has 2 aromatic carbocycles. The van der Waals surface area contributed by atoms with Crippen molar-refractivity contribution in [1.82, 2.24) is 9.88 Å². The van der Waals surface area contributed by atoms with Crippen LogP contribution in [0.5, 0.6) is 0 Å². The molecule has 1 aliphatic rings. The molecule has 1 saturated heterocycles. The number of nitrogens with zero attached hydrogens (tertiary/aromatic N) is 2. The lowest BCUT2D eigenvalue weighted by Crippen LogP contribution is -2.40. The van der Waals surface area contributed by atoms with E-state index in [0.29, 0.717) is 13.0 Å². The minimum Gasteiger partial charge on any atom is -0.288 e. The molecule has 0 bridgehead atoms. The molecule has 2 nitrogen and oxygen atoms in total. The highest BCUT2D eigenvalue weighted by atomic mass is 19.4. The second kappa shape index (κ2) is 6.93. The molecule has 1 unspecified atom stereocenters. The van der Waals surface area contributed by atoms with Gasteiger partial charge < -0.3 is 0 Å². The molecule has 0 aliphatic carbocycles. The van der Waals surface area contributed by atoms with Gasteiger partial charge in [0.05, 0.1) is 5.52 Å². The molecular weight excluding hydrogens is 356 g/mol. The Bertz CT molecular complexity index is 951. The molecular formula is C21H18F4N2. The van der Waals surface area contributed by atoms with Crippen molar-refractivity contribution >= 4 is 10.9 Å². The van der Waals surface area contributed by atoms with E-state index in [1.54, 1.807) is 18.3 Å². The summed E-state index contributed by atoms with van der Waals surface area (Å²) in [6.45, 7) is 0.702. The molecule has 2 heterocycles. The van der Waals surface area contributed by atoms with Gasteiger partial charge in [-0.1, -0.05) is 24.3 Å². The van der Waals surface area contributed by atoms with Gasteiger partial charge in [-0.3, -0.25) is 9.88 Å². The van der Waals surface area contributed by atoms with Gasteiger partial charge in [-0.25, -0.2) is 4.39 Å².